The van der Waals surface area contributed by atoms with E-state index in [2.05, 4.69) is 0 Å². The van der Waals surface area contributed by atoms with Crippen LogP contribution < -0.4 is 4.90 Å². The summed E-state index contributed by atoms with van der Waals surface area (Å²) in [6, 6.07) is 13.6. The summed E-state index contributed by atoms with van der Waals surface area (Å²) in [5.74, 6) is -2.17. The average Bonchev–Trinajstić information content (AvgIpc) is 3.06. The van der Waals surface area contributed by atoms with E-state index in [-0.39, 0.29) is 18.4 Å². The maximum atomic E-state index is 13.0. The number of fused-ring (bicyclic) bond motifs is 1. The molecule has 0 saturated carbocycles. The van der Waals surface area contributed by atoms with Gasteiger partial charge >= 0.3 is 5.97 Å². The minimum absolute atomic E-state index is 0.0839. The molecule has 6 heteroatoms. The van der Waals surface area contributed by atoms with Crippen molar-refractivity contribution < 1.29 is 19.5 Å². The number of carbonyl (C=O) groups excluding carboxylic acids is 2. The molecule has 6 nitrogen and oxygen atoms in total. The fourth-order valence-corrected chi connectivity index (χ4v) is 3.12. The van der Waals surface area contributed by atoms with Gasteiger partial charge in [0, 0.05) is 37.0 Å². The molecule has 0 saturated heterocycles. The Morgan fingerprint density at radius 1 is 1.12 bits per heavy atom. The van der Waals surface area contributed by atoms with E-state index in [1.165, 1.54) is 4.90 Å². The number of aliphatic carboxylic acids is 1. The quantitative estimate of drug-likeness (QED) is 0.917. The number of hydrogen-bond acceptors (Lipinski definition) is 3. The lowest BCUT2D eigenvalue weighted by molar-refractivity contribution is -0.138. The van der Waals surface area contributed by atoms with Crippen LogP contribution in [0.15, 0.2) is 48.5 Å². The molecule has 1 aliphatic heterocycles. The smallest absolute Gasteiger partial charge is 0.312 e. The summed E-state index contributed by atoms with van der Waals surface area (Å²) in [6.07, 6.45) is 0. The zero-order valence-corrected chi connectivity index (χ0v) is 14.7. The molecule has 1 atom stereocenters. The topological polar surface area (TPSA) is 77.9 Å². The highest BCUT2D eigenvalue weighted by atomic mass is 16.4. The van der Waals surface area contributed by atoms with Gasteiger partial charge in [-0.3, -0.25) is 14.4 Å². The molecule has 2 aromatic rings. The van der Waals surface area contributed by atoms with Crippen molar-refractivity contribution in [3.8, 4) is 0 Å². The molecule has 1 N–H and O–H groups in total. The summed E-state index contributed by atoms with van der Waals surface area (Å²) in [5, 5.41) is 9.45. The molecular weight excluding hydrogens is 332 g/mol. The predicted octanol–water partition coefficient (Wildman–Crippen LogP) is 2.61. The van der Waals surface area contributed by atoms with E-state index in [1.807, 2.05) is 6.92 Å². The van der Waals surface area contributed by atoms with Gasteiger partial charge in [0.2, 0.25) is 0 Å². The zero-order chi connectivity index (χ0) is 18.8. The normalized spacial score (nSPS) is 15.5. The van der Waals surface area contributed by atoms with Crippen LogP contribution in [0.2, 0.25) is 0 Å². The minimum Gasteiger partial charge on any atom is -0.481 e. The molecule has 134 valence electrons. The van der Waals surface area contributed by atoms with Crippen LogP contribution in [-0.2, 0) is 4.79 Å². The van der Waals surface area contributed by atoms with Gasteiger partial charge in [-0.05, 0) is 36.8 Å². The fraction of sp³-hybridized carbons (Fsp3) is 0.250. The molecule has 0 spiro atoms. The van der Waals surface area contributed by atoms with Crippen LogP contribution in [0.25, 0.3) is 0 Å². The number of benzene rings is 2. The number of para-hydroxylation sites is 1. The van der Waals surface area contributed by atoms with Crippen LogP contribution in [0.5, 0.6) is 0 Å². The molecule has 0 fully saturated rings. The van der Waals surface area contributed by atoms with Gasteiger partial charge in [-0.2, -0.15) is 0 Å². The number of carbonyl (C=O) groups is 3. The Morgan fingerprint density at radius 2 is 1.81 bits per heavy atom. The van der Waals surface area contributed by atoms with Gasteiger partial charge in [0.05, 0.1) is 0 Å². The number of carboxylic acid groups (broad SMARTS) is 1. The lowest BCUT2D eigenvalue weighted by Gasteiger charge is -2.19. The van der Waals surface area contributed by atoms with Gasteiger partial charge in [0.15, 0.2) is 0 Å². The monoisotopic (exact) mass is 352 g/mol. The summed E-state index contributed by atoms with van der Waals surface area (Å²) in [4.78, 5) is 39.9. The molecule has 0 aliphatic carbocycles. The van der Waals surface area contributed by atoms with Gasteiger partial charge < -0.3 is 14.9 Å². The number of carboxylic acids is 1. The summed E-state index contributed by atoms with van der Waals surface area (Å²) in [6.45, 7) is 2.53. The second kappa shape index (κ2) is 7.00. The van der Waals surface area contributed by atoms with Crippen molar-refractivity contribution in [3.63, 3.8) is 0 Å². The lowest BCUT2D eigenvalue weighted by atomic mass is 10.0. The number of amides is 2. The average molecular weight is 352 g/mol. The van der Waals surface area contributed by atoms with Gasteiger partial charge in [-0.1, -0.05) is 24.3 Å². The standard InChI is InChI=1S/C20H20N2O4/c1-3-21(2)18(23)13-7-6-8-14(11-13)19(24)22-12-16(20(25)26)15-9-4-5-10-17(15)22/h4-11,16H,3,12H2,1-2H3,(H,25,26). The second-order valence-electron chi connectivity index (χ2n) is 6.27. The summed E-state index contributed by atoms with van der Waals surface area (Å²) in [7, 11) is 1.70. The second-order valence-corrected chi connectivity index (χ2v) is 6.27. The SMILES string of the molecule is CCN(C)C(=O)c1cccc(C(=O)N2CC(C(=O)O)c3ccccc32)c1. The molecule has 2 aromatic carbocycles. The third kappa shape index (κ3) is 3.06. The highest BCUT2D eigenvalue weighted by Gasteiger charge is 2.36. The first-order valence-electron chi connectivity index (χ1n) is 8.43. The minimum atomic E-state index is -0.957. The molecule has 1 unspecified atom stereocenters. The lowest BCUT2D eigenvalue weighted by Crippen LogP contribution is -2.31. The van der Waals surface area contributed by atoms with E-state index in [0.29, 0.717) is 28.9 Å². The third-order valence-corrected chi connectivity index (χ3v) is 4.69. The highest BCUT2D eigenvalue weighted by molar-refractivity contribution is 6.10. The number of rotatable bonds is 4. The molecule has 1 heterocycles. The van der Waals surface area contributed by atoms with E-state index >= 15 is 0 Å². The fourth-order valence-electron chi connectivity index (χ4n) is 3.12. The molecule has 1 aliphatic rings. The van der Waals surface area contributed by atoms with Crippen molar-refractivity contribution in [1.29, 1.82) is 0 Å². The Hall–Kier alpha value is -3.15. The molecule has 0 aromatic heterocycles. The first kappa shape index (κ1) is 17.7. The third-order valence-electron chi connectivity index (χ3n) is 4.69. The Labute approximate surface area is 151 Å². The van der Waals surface area contributed by atoms with Gasteiger partial charge in [-0.15, -0.1) is 0 Å². The molecule has 0 bridgehead atoms. The Kier molecular flexibility index (Phi) is 4.75. The van der Waals surface area contributed by atoms with Crippen molar-refractivity contribution in [2.75, 3.05) is 25.0 Å². The van der Waals surface area contributed by atoms with Crippen LogP contribution in [0.1, 0.15) is 39.1 Å². The van der Waals surface area contributed by atoms with Crippen LogP contribution in [0.4, 0.5) is 5.69 Å². The van der Waals surface area contributed by atoms with Crippen molar-refractivity contribution in [3.05, 3.63) is 65.2 Å². The van der Waals surface area contributed by atoms with E-state index < -0.39 is 11.9 Å². The van der Waals surface area contributed by atoms with Crippen molar-refractivity contribution in [1.82, 2.24) is 4.90 Å². The molecule has 26 heavy (non-hydrogen) atoms. The zero-order valence-electron chi connectivity index (χ0n) is 14.7. The maximum absolute atomic E-state index is 13.0. The summed E-state index contributed by atoms with van der Waals surface area (Å²) >= 11 is 0. The maximum Gasteiger partial charge on any atom is 0.312 e. The van der Waals surface area contributed by atoms with E-state index in [0.717, 1.165) is 0 Å². The summed E-state index contributed by atoms with van der Waals surface area (Å²) in [5.41, 5.74) is 2.03. The number of hydrogen-bond donors (Lipinski definition) is 1. The Morgan fingerprint density at radius 3 is 2.50 bits per heavy atom. The predicted molar refractivity (Wildman–Crippen MR) is 97.6 cm³/mol. The summed E-state index contributed by atoms with van der Waals surface area (Å²) < 4.78 is 0. The number of anilines is 1. The molecule has 3 rings (SSSR count). The van der Waals surface area contributed by atoms with Crippen LogP contribution in [0, 0.1) is 0 Å². The molecular formula is C20H20N2O4. The van der Waals surface area contributed by atoms with E-state index in [1.54, 1.807) is 60.5 Å². The Bertz CT molecular complexity index is 878. The van der Waals surface area contributed by atoms with Crippen LogP contribution in [0.3, 0.4) is 0 Å². The van der Waals surface area contributed by atoms with Gasteiger partial charge in [0.25, 0.3) is 11.8 Å². The largest absolute Gasteiger partial charge is 0.481 e. The first-order valence-corrected chi connectivity index (χ1v) is 8.43. The highest BCUT2D eigenvalue weighted by Crippen LogP contribution is 2.37. The van der Waals surface area contributed by atoms with E-state index in [9.17, 15) is 19.5 Å². The Balaban J connectivity index is 1.93. The van der Waals surface area contributed by atoms with Crippen molar-refractivity contribution in [2.24, 2.45) is 0 Å². The van der Waals surface area contributed by atoms with Gasteiger partial charge in [-0.25, -0.2) is 0 Å². The number of nitrogens with zero attached hydrogens (tertiary/aromatic N) is 2. The van der Waals surface area contributed by atoms with Crippen molar-refractivity contribution >= 4 is 23.5 Å². The molecule has 2 amide bonds. The van der Waals surface area contributed by atoms with Crippen LogP contribution >= 0.6 is 0 Å². The van der Waals surface area contributed by atoms with E-state index in [4.69, 9.17) is 0 Å². The van der Waals surface area contributed by atoms with Crippen LogP contribution in [-0.4, -0.2) is 47.9 Å². The molecule has 0 radical (unpaired) electrons. The van der Waals surface area contributed by atoms with Gasteiger partial charge in [0.1, 0.15) is 5.92 Å². The first-order chi connectivity index (χ1) is 12.4. The van der Waals surface area contributed by atoms with Crippen molar-refractivity contribution in [2.45, 2.75) is 12.8 Å².